The second-order valence-electron chi connectivity index (χ2n) is 4.45. The molecule has 0 aliphatic heterocycles. The number of likely N-dealkylation sites (N-methyl/N-ethyl adjacent to an activating group) is 1. The molecule has 0 saturated heterocycles. The number of benzene rings is 1. The van der Waals surface area contributed by atoms with Crippen LogP contribution in [0, 0.1) is 5.92 Å². The van der Waals surface area contributed by atoms with E-state index >= 15 is 0 Å². The van der Waals surface area contributed by atoms with Crippen molar-refractivity contribution in [2.24, 2.45) is 5.92 Å². The van der Waals surface area contributed by atoms with E-state index in [1.54, 1.807) is 0 Å². The SMILES string of the molecule is CNC(Cc1cccc(Br)c1)CC(C)C. The van der Waals surface area contributed by atoms with Gasteiger partial charge in [-0.15, -0.1) is 0 Å². The second kappa shape index (κ2) is 6.29. The van der Waals surface area contributed by atoms with Gasteiger partial charge in [-0.2, -0.15) is 0 Å². The van der Waals surface area contributed by atoms with Crippen LogP contribution in [0.5, 0.6) is 0 Å². The van der Waals surface area contributed by atoms with Crippen molar-refractivity contribution >= 4 is 15.9 Å². The molecular formula is C13H20BrN. The lowest BCUT2D eigenvalue weighted by Gasteiger charge is -2.18. The molecule has 0 bridgehead atoms. The molecule has 1 N–H and O–H groups in total. The Kier molecular flexibility index (Phi) is 5.34. The fourth-order valence-electron chi connectivity index (χ4n) is 1.82. The van der Waals surface area contributed by atoms with Crippen molar-refractivity contribution in [2.75, 3.05) is 7.05 Å². The summed E-state index contributed by atoms with van der Waals surface area (Å²) in [5.41, 5.74) is 1.39. The van der Waals surface area contributed by atoms with Gasteiger partial charge in [-0.25, -0.2) is 0 Å². The molecule has 84 valence electrons. The Morgan fingerprint density at radius 2 is 2.07 bits per heavy atom. The molecule has 0 aliphatic rings. The zero-order valence-electron chi connectivity index (χ0n) is 9.76. The zero-order chi connectivity index (χ0) is 11.3. The molecule has 15 heavy (non-hydrogen) atoms. The summed E-state index contributed by atoms with van der Waals surface area (Å²) in [4.78, 5) is 0. The minimum absolute atomic E-state index is 0.583. The van der Waals surface area contributed by atoms with Crippen LogP contribution in [0.1, 0.15) is 25.8 Å². The third-order valence-electron chi connectivity index (χ3n) is 2.54. The van der Waals surface area contributed by atoms with Gasteiger partial charge in [0, 0.05) is 10.5 Å². The predicted octanol–water partition coefficient (Wildman–Crippen LogP) is 3.63. The van der Waals surface area contributed by atoms with Gasteiger partial charge in [0.1, 0.15) is 0 Å². The van der Waals surface area contributed by atoms with E-state index in [1.807, 2.05) is 7.05 Å². The molecule has 0 saturated carbocycles. The molecule has 1 aromatic rings. The topological polar surface area (TPSA) is 12.0 Å². The first-order chi connectivity index (χ1) is 7.11. The maximum Gasteiger partial charge on any atom is 0.0178 e. The highest BCUT2D eigenvalue weighted by atomic mass is 79.9. The minimum atomic E-state index is 0.583. The molecule has 2 heteroatoms. The van der Waals surface area contributed by atoms with Crippen LogP contribution in [0.15, 0.2) is 28.7 Å². The van der Waals surface area contributed by atoms with Crippen molar-refractivity contribution < 1.29 is 0 Å². The van der Waals surface area contributed by atoms with Crippen molar-refractivity contribution in [1.29, 1.82) is 0 Å². The average molecular weight is 270 g/mol. The largest absolute Gasteiger partial charge is 0.317 e. The lowest BCUT2D eigenvalue weighted by Crippen LogP contribution is -2.29. The van der Waals surface area contributed by atoms with Crippen molar-refractivity contribution in [3.8, 4) is 0 Å². The Hall–Kier alpha value is -0.340. The van der Waals surface area contributed by atoms with Crippen LogP contribution in [-0.4, -0.2) is 13.1 Å². The van der Waals surface area contributed by atoms with E-state index in [1.165, 1.54) is 16.5 Å². The van der Waals surface area contributed by atoms with Crippen LogP contribution >= 0.6 is 15.9 Å². The molecule has 1 nitrogen and oxygen atoms in total. The summed E-state index contributed by atoms with van der Waals surface area (Å²) >= 11 is 3.50. The van der Waals surface area contributed by atoms with E-state index < -0.39 is 0 Å². The fraction of sp³-hybridized carbons (Fsp3) is 0.538. The highest BCUT2D eigenvalue weighted by Crippen LogP contribution is 2.15. The highest BCUT2D eigenvalue weighted by Gasteiger charge is 2.09. The maximum atomic E-state index is 3.50. The molecule has 0 aromatic heterocycles. The predicted molar refractivity (Wildman–Crippen MR) is 70.1 cm³/mol. The van der Waals surface area contributed by atoms with Gasteiger partial charge in [-0.1, -0.05) is 41.9 Å². The fourth-order valence-corrected chi connectivity index (χ4v) is 2.27. The van der Waals surface area contributed by atoms with Crippen LogP contribution in [-0.2, 0) is 6.42 Å². The third-order valence-corrected chi connectivity index (χ3v) is 3.03. The van der Waals surface area contributed by atoms with Crippen molar-refractivity contribution in [1.82, 2.24) is 5.32 Å². The first-order valence-electron chi connectivity index (χ1n) is 5.53. The molecule has 0 amide bonds. The summed E-state index contributed by atoms with van der Waals surface area (Å²) in [5, 5.41) is 3.39. The van der Waals surface area contributed by atoms with Crippen LogP contribution < -0.4 is 5.32 Å². The Morgan fingerprint density at radius 3 is 2.60 bits per heavy atom. The number of nitrogens with one attached hydrogen (secondary N) is 1. The Morgan fingerprint density at radius 1 is 1.33 bits per heavy atom. The highest BCUT2D eigenvalue weighted by molar-refractivity contribution is 9.10. The quantitative estimate of drug-likeness (QED) is 0.861. The van der Waals surface area contributed by atoms with E-state index in [4.69, 9.17) is 0 Å². The van der Waals surface area contributed by atoms with E-state index in [-0.39, 0.29) is 0 Å². The summed E-state index contributed by atoms with van der Waals surface area (Å²) in [6.07, 6.45) is 2.33. The van der Waals surface area contributed by atoms with Crippen LogP contribution in [0.25, 0.3) is 0 Å². The van der Waals surface area contributed by atoms with Crippen molar-refractivity contribution in [3.63, 3.8) is 0 Å². The summed E-state index contributed by atoms with van der Waals surface area (Å²) in [7, 11) is 2.05. The van der Waals surface area contributed by atoms with Crippen molar-refractivity contribution in [2.45, 2.75) is 32.7 Å². The summed E-state index contributed by atoms with van der Waals surface area (Å²) in [5.74, 6) is 0.745. The van der Waals surface area contributed by atoms with Gasteiger partial charge in [0.05, 0.1) is 0 Å². The normalized spacial score (nSPS) is 13.1. The van der Waals surface area contributed by atoms with Gasteiger partial charge in [0.2, 0.25) is 0 Å². The molecule has 0 fully saturated rings. The molecule has 1 unspecified atom stereocenters. The van der Waals surface area contributed by atoms with Crippen LogP contribution in [0.3, 0.4) is 0 Å². The summed E-state index contributed by atoms with van der Waals surface area (Å²) in [6.45, 7) is 4.54. The van der Waals surface area contributed by atoms with Gasteiger partial charge in [0.25, 0.3) is 0 Å². The molecule has 0 radical (unpaired) electrons. The third kappa shape index (κ3) is 4.80. The Balaban J connectivity index is 2.58. The van der Waals surface area contributed by atoms with Crippen molar-refractivity contribution in [3.05, 3.63) is 34.3 Å². The zero-order valence-corrected chi connectivity index (χ0v) is 11.3. The molecular weight excluding hydrogens is 250 g/mol. The van der Waals surface area contributed by atoms with E-state index in [2.05, 4.69) is 59.4 Å². The maximum absolute atomic E-state index is 3.50. The first kappa shape index (κ1) is 12.7. The Labute approximate surface area is 101 Å². The number of hydrogen-bond donors (Lipinski definition) is 1. The monoisotopic (exact) mass is 269 g/mol. The lowest BCUT2D eigenvalue weighted by molar-refractivity contribution is 0.441. The minimum Gasteiger partial charge on any atom is -0.317 e. The van der Waals surface area contributed by atoms with E-state index in [0.717, 1.165) is 12.3 Å². The van der Waals surface area contributed by atoms with Crippen LogP contribution in [0.2, 0.25) is 0 Å². The van der Waals surface area contributed by atoms with E-state index in [0.29, 0.717) is 6.04 Å². The Bertz CT molecular complexity index is 296. The van der Waals surface area contributed by atoms with Gasteiger partial charge >= 0.3 is 0 Å². The molecule has 0 aliphatic carbocycles. The van der Waals surface area contributed by atoms with Gasteiger partial charge in [-0.05, 0) is 43.5 Å². The molecule has 0 heterocycles. The molecule has 0 spiro atoms. The van der Waals surface area contributed by atoms with Crippen LogP contribution in [0.4, 0.5) is 0 Å². The molecule has 1 aromatic carbocycles. The summed E-state index contributed by atoms with van der Waals surface area (Å²) in [6, 6.07) is 9.14. The molecule has 1 atom stereocenters. The van der Waals surface area contributed by atoms with Gasteiger partial charge in [0.15, 0.2) is 0 Å². The molecule has 1 rings (SSSR count). The first-order valence-corrected chi connectivity index (χ1v) is 6.33. The lowest BCUT2D eigenvalue weighted by atomic mass is 9.97. The average Bonchev–Trinajstić information content (AvgIpc) is 2.16. The second-order valence-corrected chi connectivity index (χ2v) is 5.36. The summed E-state index contributed by atoms with van der Waals surface area (Å²) < 4.78 is 1.17. The number of rotatable bonds is 5. The van der Waals surface area contributed by atoms with Gasteiger partial charge < -0.3 is 5.32 Å². The number of halogens is 1. The van der Waals surface area contributed by atoms with E-state index in [9.17, 15) is 0 Å². The standard InChI is InChI=1S/C13H20BrN/c1-10(2)7-13(15-3)9-11-5-4-6-12(14)8-11/h4-6,8,10,13,15H,7,9H2,1-3H3. The smallest absolute Gasteiger partial charge is 0.0178 e. The number of hydrogen-bond acceptors (Lipinski definition) is 1. The van der Waals surface area contributed by atoms with Gasteiger partial charge in [-0.3, -0.25) is 0 Å².